The maximum Gasteiger partial charge on any atom is 0.235 e. The number of aromatic nitrogens is 4. The van der Waals surface area contributed by atoms with E-state index in [4.69, 9.17) is 9.97 Å². The van der Waals surface area contributed by atoms with Gasteiger partial charge in [0.2, 0.25) is 5.95 Å². The van der Waals surface area contributed by atoms with Gasteiger partial charge in [0.05, 0.1) is 38.0 Å². The van der Waals surface area contributed by atoms with Gasteiger partial charge in [-0.05, 0) is 109 Å². The Bertz CT molecular complexity index is 4610. The van der Waals surface area contributed by atoms with E-state index in [-0.39, 0.29) is 0 Å². The lowest BCUT2D eigenvalue weighted by Gasteiger charge is -2.12. The molecule has 0 unspecified atom stereocenters. The zero-order valence-electron chi connectivity index (χ0n) is 38.3. The van der Waals surface area contributed by atoms with E-state index in [1.54, 1.807) is 11.3 Å². The number of hydrogen-bond acceptors (Lipinski definition) is 3. The van der Waals surface area contributed by atoms with Crippen LogP contribution in [-0.2, 0) is 0 Å². The molecule has 0 atom stereocenters. The Morgan fingerprint density at radius 2 is 0.887 bits per heavy atom. The first-order valence-electron chi connectivity index (χ1n) is 24.1. The van der Waals surface area contributed by atoms with Crippen LogP contribution < -0.4 is 0 Å². The molecule has 15 rings (SSSR count). The van der Waals surface area contributed by atoms with Crippen molar-refractivity contribution in [2.24, 2.45) is 0 Å². The van der Waals surface area contributed by atoms with Crippen molar-refractivity contribution in [3.8, 4) is 55.6 Å². The molecule has 11 aromatic carbocycles. The Balaban J connectivity index is 0.978. The van der Waals surface area contributed by atoms with Gasteiger partial charge >= 0.3 is 0 Å². The Labute approximate surface area is 412 Å². The first-order chi connectivity index (χ1) is 35.2. The van der Waals surface area contributed by atoms with E-state index < -0.39 is 0 Å². The van der Waals surface area contributed by atoms with E-state index >= 15 is 0 Å². The fraction of sp³-hybridized carbons (Fsp3) is 0. The van der Waals surface area contributed by atoms with Gasteiger partial charge in [0.25, 0.3) is 0 Å². The summed E-state index contributed by atoms with van der Waals surface area (Å²) in [5.41, 5.74) is 14.4. The maximum absolute atomic E-state index is 5.63. The molecule has 4 heterocycles. The second-order valence-electron chi connectivity index (χ2n) is 18.5. The van der Waals surface area contributed by atoms with Crippen LogP contribution in [0.2, 0.25) is 0 Å². The zero-order valence-corrected chi connectivity index (χ0v) is 39.1. The Morgan fingerprint density at radius 3 is 1.65 bits per heavy atom. The molecule has 15 aromatic rings. The molecule has 5 heteroatoms. The summed E-state index contributed by atoms with van der Waals surface area (Å²) in [5.74, 6) is 0.644. The molecule has 4 aromatic heterocycles. The van der Waals surface area contributed by atoms with Gasteiger partial charge in [0, 0.05) is 37.7 Å². The zero-order chi connectivity index (χ0) is 46.6. The van der Waals surface area contributed by atoms with Gasteiger partial charge in [-0.15, -0.1) is 11.3 Å². The highest BCUT2D eigenvalue weighted by atomic mass is 32.1. The first-order valence-corrected chi connectivity index (χ1v) is 25.0. The van der Waals surface area contributed by atoms with E-state index in [9.17, 15) is 0 Å². The van der Waals surface area contributed by atoms with Crippen molar-refractivity contribution < 1.29 is 0 Å². The SMILES string of the molecule is c1ccc(-c2cc3nc(-n4c5ccc(-c6cccc7c6c6c8ccccc8ccc6n7-c6ccccc6)cc5c5c6ccccc6ccc54)nc(-c4ccc(-c5cccc6ccccc56)cc4)c3s2)cc1. The molecule has 330 valence electrons. The lowest BCUT2D eigenvalue weighted by Crippen LogP contribution is -2.02. The van der Waals surface area contributed by atoms with Gasteiger partial charge in [-0.3, -0.25) is 4.57 Å². The van der Waals surface area contributed by atoms with E-state index in [2.05, 4.69) is 252 Å². The number of benzene rings is 11. The van der Waals surface area contributed by atoms with E-state index in [0.717, 1.165) is 54.0 Å². The monoisotopic (exact) mass is 920 g/mol. The lowest BCUT2D eigenvalue weighted by atomic mass is 9.95. The number of nitrogens with zero attached hydrogens (tertiary/aromatic N) is 4. The minimum Gasteiger partial charge on any atom is -0.309 e. The van der Waals surface area contributed by atoms with Crippen LogP contribution >= 0.6 is 11.3 Å². The summed E-state index contributed by atoms with van der Waals surface area (Å²) >= 11 is 1.76. The van der Waals surface area contributed by atoms with Crippen LogP contribution in [0.25, 0.3) is 142 Å². The number of fused-ring (bicyclic) bond motifs is 12. The molecular weight excluding hydrogens is 881 g/mol. The molecule has 0 aliphatic rings. The molecule has 0 radical (unpaired) electrons. The predicted molar refractivity (Wildman–Crippen MR) is 300 cm³/mol. The number of thiophene rings is 1. The lowest BCUT2D eigenvalue weighted by molar-refractivity contribution is 1.02. The van der Waals surface area contributed by atoms with Crippen molar-refractivity contribution >= 4 is 97.5 Å². The summed E-state index contributed by atoms with van der Waals surface area (Å²) in [6.07, 6.45) is 0. The quantitative estimate of drug-likeness (QED) is 0.167. The van der Waals surface area contributed by atoms with Crippen molar-refractivity contribution in [1.82, 2.24) is 19.1 Å². The molecular formula is C66H40N4S. The van der Waals surface area contributed by atoms with Gasteiger partial charge in [-0.2, -0.15) is 0 Å². The van der Waals surface area contributed by atoms with Crippen molar-refractivity contribution in [2.45, 2.75) is 0 Å². The summed E-state index contributed by atoms with van der Waals surface area (Å²) in [6.45, 7) is 0. The molecule has 0 aliphatic carbocycles. The first kappa shape index (κ1) is 39.8. The maximum atomic E-state index is 5.63. The van der Waals surface area contributed by atoms with Crippen LogP contribution in [0, 0.1) is 0 Å². The second-order valence-corrected chi connectivity index (χ2v) is 19.5. The fourth-order valence-corrected chi connectivity index (χ4v) is 12.5. The molecule has 0 spiro atoms. The van der Waals surface area contributed by atoms with Gasteiger partial charge in [0.1, 0.15) is 0 Å². The van der Waals surface area contributed by atoms with Crippen LogP contribution in [-0.4, -0.2) is 19.1 Å². The van der Waals surface area contributed by atoms with Gasteiger partial charge in [0.15, 0.2) is 0 Å². The summed E-state index contributed by atoms with van der Waals surface area (Å²) in [6, 6.07) is 88.1. The highest BCUT2D eigenvalue weighted by Crippen LogP contribution is 2.45. The van der Waals surface area contributed by atoms with Crippen LogP contribution in [0.3, 0.4) is 0 Å². The third-order valence-electron chi connectivity index (χ3n) is 14.5. The van der Waals surface area contributed by atoms with Crippen LogP contribution in [0.15, 0.2) is 243 Å². The highest BCUT2D eigenvalue weighted by Gasteiger charge is 2.23. The van der Waals surface area contributed by atoms with E-state index in [1.807, 2.05) is 0 Å². The Morgan fingerprint density at radius 1 is 0.324 bits per heavy atom. The molecule has 0 fully saturated rings. The average molecular weight is 921 g/mol. The van der Waals surface area contributed by atoms with Crippen molar-refractivity contribution in [3.63, 3.8) is 0 Å². The normalized spacial score (nSPS) is 11.9. The van der Waals surface area contributed by atoms with Gasteiger partial charge in [-0.25, -0.2) is 9.97 Å². The number of para-hydroxylation sites is 1. The highest BCUT2D eigenvalue weighted by molar-refractivity contribution is 7.22. The van der Waals surface area contributed by atoms with Crippen molar-refractivity contribution in [3.05, 3.63) is 243 Å². The summed E-state index contributed by atoms with van der Waals surface area (Å²) in [4.78, 5) is 12.3. The van der Waals surface area contributed by atoms with Crippen LogP contribution in [0.4, 0.5) is 0 Å². The van der Waals surface area contributed by atoms with Crippen LogP contribution in [0.1, 0.15) is 0 Å². The molecule has 4 nitrogen and oxygen atoms in total. The molecule has 0 N–H and O–H groups in total. The number of hydrogen-bond donors (Lipinski definition) is 0. The third kappa shape index (κ3) is 6.17. The van der Waals surface area contributed by atoms with E-state index in [0.29, 0.717) is 5.95 Å². The molecule has 0 saturated carbocycles. The summed E-state index contributed by atoms with van der Waals surface area (Å²) < 4.78 is 5.78. The summed E-state index contributed by atoms with van der Waals surface area (Å²) in [5, 5.41) is 12.2. The topological polar surface area (TPSA) is 35.6 Å². The molecule has 0 saturated heterocycles. The molecule has 0 amide bonds. The smallest absolute Gasteiger partial charge is 0.235 e. The average Bonchev–Trinajstić information content (AvgIpc) is 4.14. The fourth-order valence-electron chi connectivity index (χ4n) is 11.3. The largest absolute Gasteiger partial charge is 0.309 e. The van der Waals surface area contributed by atoms with Crippen LogP contribution in [0.5, 0.6) is 0 Å². The van der Waals surface area contributed by atoms with Crippen molar-refractivity contribution in [2.75, 3.05) is 0 Å². The van der Waals surface area contributed by atoms with Gasteiger partial charge in [-0.1, -0.05) is 194 Å². The van der Waals surface area contributed by atoms with Gasteiger partial charge < -0.3 is 4.57 Å². The molecule has 71 heavy (non-hydrogen) atoms. The minimum absolute atomic E-state index is 0.644. The predicted octanol–water partition coefficient (Wildman–Crippen LogP) is 18.0. The standard InChI is InChI=1S/C66H40N4S/c1-3-18-45(19-4-1)60-40-55-65(71-60)64(46-31-29-44(30-32-46)50-26-13-20-41-15-7-10-23-49(41)50)68-66(67-55)70-56-36-35-47(39-54(56)61-51-24-11-8-16-42(51)33-37-58(61)70)53-27-14-28-57-63(53)62-52-25-12-9-17-43(52)34-38-59(62)69(57)48-21-5-2-6-22-48/h1-40H. The minimum atomic E-state index is 0.644. The molecule has 0 aliphatic heterocycles. The third-order valence-corrected chi connectivity index (χ3v) is 15.7. The van der Waals surface area contributed by atoms with E-state index in [1.165, 1.54) is 81.8 Å². The Kier molecular flexibility index (Phi) is 8.79. The second kappa shape index (κ2) is 15.7. The Hall–Kier alpha value is -9.16. The van der Waals surface area contributed by atoms with Crippen molar-refractivity contribution in [1.29, 1.82) is 0 Å². The molecule has 0 bridgehead atoms. The summed E-state index contributed by atoms with van der Waals surface area (Å²) in [7, 11) is 0. The number of rotatable bonds is 6.